The van der Waals surface area contributed by atoms with Crippen LogP contribution in [0.3, 0.4) is 0 Å². The lowest BCUT2D eigenvalue weighted by atomic mass is 10.3. The molecule has 1 aromatic heterocycles. The summed E-state index contributed by atoms with van der Waals surface area (Å²) >= 11 is 10.9. The molecule has 2 N–H and O–H groups in total. The van der Waals surface area contributed by atoms with Gasteiger partial charge in [0.15, 0.2) is 0 Å². The Bertz CT molecular complexity index is 863. The third-order valence-electron chi connectivity index (χ3n) is 3.75. The molecule has 1 saturated heterocycles. The highest BCUT2D eigenvalue weighted by atomic mass is 35.5. The van der Waals surface area contributed by atoms with E-state index in [1.165, 1.54) is 17.5 Å². The van der Waals surface area contributed by atoms with Crippen LogP contribution < -0.4 is 4.31 Å². The van der Waals surface area contributed by atoms with Crippen LogP contribution in [0.2, 0.25) is 5.02 Å². The van der Waals surface area contributed by atoms with Gasteiger partial charge in [0.1, 0.15) is 9.88 Å². The molecule has 0 radical (unpaired) electrons. The first-order valence-electron chi connectivity index (χ1n) is 8.54. The number of halogens is 3. The van der Waals surface area contributed by atoms with Gasteiger partial charge in [-0.2, -0.15) is 20.5 Å². The Morgan fingerprint density at radius 2 is 2.10 bits per heavy atom. The fourth-order valence-electron chi connectivity index (χ4n) is 2.38. The van der Waals surface area contributed by atoms with E-state index in [1.807, 2.05) is 36.0 Å². The van der Waals surface area contributed by atoms with Crippen LogP contribution in [-0.4, -0.2) is 52.1 Å². The summed E-state index contributed by atoms with van der Waals surface area (Å²) in [6.45, 7) is 2.37. The zero-order valence-electron chi connectivity index (χ0n) is 15.1. The number of thiazole rings is 1. The number of rotatable bonds is 7. The molecule has 6 nitrogen and oxygen atoms in total. The second-order valence-corrected chi connectivity index (χ2v) is 9.75. The van der Waals surface area contributed by atoms with E-state index in [0.717, 1.165) is 30.3 Å². The normalized spacial score (nSPS) is 14.8. The van der Waals surface area contributed by atoms with E-state index < -0.39 is 18.2 Å². The summed E-state index contributed by atoms with van der Waals surface area (Å²) in [6, 6.07) is 7.52. The predicted molar refractivity (Wildman–Crippen MR) is 118 cm³/mol. The van der Waals surface area contributed by atoms with E-state index in [9.17, 15) is 8.78 Å². The van der Waals surface area contributed by atoms with Crippen LogP contribution in [-0.2, 0) is 11.3 Å². The van der Waals surface area contributed by atoms with E-state index >= 15 is 0 Å². The maximum absolute atomic E-state index is 12.4. The Morgan fingerprint density at radius 1 is 1.34 bits per heavy atom. The fourth-order valence-corrected chi connectivity index (χ4v) is 5.59. The van der Waals surface area contributed by atoms with E-state index in [-0.39, 0.29) is 4.88 Å². The van der Waals surface area contributed by atoms with Gasteiger partial charge in [-0.15, -0.1) is 11.3 Å². The standard InChI is InChI=1S/C17H18ClF2N5OS3/c18-11-2-1-3-12(8-11)25(29-24-4-6-27-7-5-24)10-14-23-9-13(28-14)16(21)26-17(22)15(19)20/h1-3,8-9,15,21-22H,4-7,10H2. The van der Waals surface area contributed by atoms with Crippen LogP contribution in [0.5, 0.6) is 0 Å². The maximum atomic E-state index is 12.4. The van der Waals surface area contributed by atoms with Crippen LogP contribution in [0, 0.1) is 10.8 Å². The first kappa shape index (κ1) is 22.3. The Balaban J connectivity index is 1.73. The first-order chi connectivity index (χ1) is 13.9. The third-order valence-corrected chi connectivity index (χ3v) is 7.04. The van der Waals surface area contributed by atoms with Crippen molar-refractivity contribution in [2.24, 2.45) is 0 Å². The molecule has 1 aliphatic heterocycles. The molecule has 0 saturated carbocycles. The van der Waals surface area contributed by atoms with Gasteiger partial charge in [-0.25, -0.2) is 9.29 Å². The third kappa shape index (κ3) is 6.54. The summed E-state index contributed by atoms with van der Waals surface area (Å²) in [4.78, 5) is 4.59. The number of thioether (sulfide) groups is 1. The minimum absolute atomic E-state index is 0.288. The van der Waals surface area contributed by atoms with Gasteiger partial charge in [-0.1, -0.05) is 17.7 Å². The molecule has 156 valence electrons. The number of alkyl halides is 2. The number of benzene rings is 1. The number of nitrogens with one attached hydrogen (secondary N) is 2. The molecular weight excluding hydrogens is 460 g/mol. The van der Waals surface area contributed by atoms with Crippen molar-refractivity contribution >= 4 is 64.3 Å². The lowest BCUT2D eigenvalue weighted by molar-refractivity contribution is 0.197. The lowest BCUT2D eigenvalue weighted by Crippen LogP contribution is -2.31. The molecule has 0 unspecified atom stereocenters. The molecule has 0 bridgehead atoms. The van der Waals surface area contributed by atoms with Crippen molar-refractivity contribution < 1.29 is 13.5 Å². The van der Waals surface area contributed by atoms with Crippen molar-refractivity contribution in [2.45, 2.75) is 13.0 Å². The summed E-state index contributed by atoms with van der Waals surface area (Å²) in [5.41, 5.74) is 0.920. The molecule has 12 heteroatoms. The summed E-state index contributed by atoms with van der Waals surface area (Å²) in [5, 5.41) is 16.2. The summed E-state index contributed by atoms with van der Waals surface area (Å²) in [7, 11) is 0. The van der Waals surface area contributed by atoms with E-state index in [0.29, 0.717) is 16.6 Å². The summed E-state index contributed by atoms with van der Waals surface area (Å²) < 4.78 is 33.8. The van der Waals surface area contributed by atoms with E-state index in [4.69, 9.17) is 22.4 Å². The Kier molecular flexibility index (Phi) is 8.13. The average molecular weight is 478 g/mol. The number of nitrogens with zero attached hydrogens (tertiary/aromatic N) is 3. The monoisotopic (exact) mass is 477 g/mol. The second kappa shape index (κ2) is 10.6. The van der Waals surface area contributed by atoms with Gasteiger partial charge >= 0.3 is 6.43 Å². The van der Waals surface area contributed by atoms with Crippen LogP contribution in [0.15, 0.2) is 30.5 Å². The van der Waals surface area contributed by atoms with Gasteiger partial charge in [0.05, 0.1) is 18.4 Å². The van der Waals surface area contributed by atoms with Gasteiger partial charge in [0.25, 0.3) is 5.90 Å². The zero-order chi connectivity index (χ0) is 20.8. The number of ether oxygens (including phenoxy) is 1. The number of hydrogen-bond donors (Lipinski definition) is 2. The van der Waals surface area contributed by atoms with Crippen LogP contribution in [0.25, 0.3) is 0 Å². The lowest BCUT2D eigenvalue weighted by Gasteiger charge is -2.31. The van der Waals surface area contributed by atoms with Crippen LogP contribution >= 0.6 is 46.8 Å². The minimum atomic E-state index is -3.06. The smallest absolute Gasteiger partial charge is 0.312 e. The SMILES string of the molecule is N=C(OC(=N)C(F)F)c1cnc(CN(SN2CCSCC2)c2cccc(Cl)c2)s1. The van der Waals surface area contributed by atoms with Crippen molar-refractivity contribution in [2.75, 3.05) is 28.9 Å². The highest BCUT2D eigenvalue weighted by Gasteiger charge is 2.21. The van der Waals surface area contributed by atoms with E-state index in [2.05, 4.69) is 18.3 Å². The predicted octanol–water partition coefficient (Wildman–Crippen LogP) is 5.00. The Morgan fingerprint density at radius 3 is 2.79 bits per heavy atom. The molecule has 2 heterocycles. The van der Waals surface area contributed by atoms with Crippen molar-refractivity contribution in [3.05, 3.63) is 45.4 Å². The molecule has 1 aliphatic rings. The van der Waals surface area contributed by atoms with Gasteiger partial charge in [-0.3, -0.25) is 15.1 Å². The molecular formula is C17H18ClF2N5OS3. The second-order valence-electron chi connectivity index (χ2n) is 5.85. The van der Waals surface area contributed by atoms with Crippen molar-refractivity contribution in [1.29, 1.82) is 10.8 Å². The maximum Gasteiger partial charge on any atom is 0.312 e. The molecule has 0 aliphatic carbocycles. The van der Waals surface area contributed by atoms with Crippen LogP contribution in [0.1, 0.15) is 9.88 Å². The Labute approximate surface area is 184 Å². The molecule has 0 amide bonds. The molecule has 2 aromatic rings. The highest BCUT2D eigenvalue weighted by Crippen LogP contribution is 2.31. The molecule has 0 atom stereocenters. The topological polar surface area (TPSA) is 76.3 Å². The largest absolute Gasteiger partial charge is 0.418 e. The van der Waals surface area contributed by atoms with Crippen molar-refractivity contribution in [3.8, 4) is 0 Å². The van der Waals surface area contributed by atoms with Gasteiger partial charge < -0.3 is 4.74 Å². The summed E-state index contributed by atoms with van der Waals surface area (Å²) in [5.74, 6) is 0.392. The van der Waals surface area contributed by atoms with Crippen LogP contribution in [0.4, 0.5) is 14.5 Å². The summed E-state index contributed by atoms with van der Waals surface area (Å²) in [6.07, 6.45) is -1.65. The minimum Gasteiger partial charge on any atom is -0.418 e. The average Bonchev–Trinajstić information content (AvgIpc) is 3.17. The zero-order valence-corrected chi connectivity index (χ0v) is 18.3. The highest BCUT2D eigenvalue weighted by molar-refractivity contribution is 8.00. The molecule has 3 rings (SSSR count). The number of hydrogen-bond acceptors (Lipinski definition) is 9. The molecule has 1 aromatic carbocycles. The van der Waals surface area contributed by atoms with E-state index in [1.54, 1.807) is 12.1 Å². The molecule has 29 heavy (non-hydrogen) atoms. The van der Waals surface area contributed by atoms with Gasteiger partial charge in [0, 0.05) is 41.8 Å². The number of aromatic nitrogens is 1. The van der Waals surface area contributed by atoms with Crippen molar-refractivity contribution in [3.63, 3.8) is 0 Å². The van der Waals surface area contributed by atoms with Gasteiger partial charge in [0.2, 0.25) is 5.90 Å². The molecule has 0 spiro atoms. The van der Waals surface area contributed by atoms with Gasteiger partial charge in [-0.05, 0) is 18.2 Å². The Hall–Kier alpha value is -1.40. The quantitative estimate of drug-likeness (QED) is 0.332. The number of anilines is 1. The fraction of sp³-hybridized carbons (Fsp3) is 0.353. The first-order valence-corrected chi connectivity index (χ1v) is 11.6. The molecule has 1 fully saturated rings. The van der Waals surface area contributed by atoms with Crippen molar-refractivity contribution in [1.82, 2.24) is 9.29 Å².